The fraction of sp³-hybridized carbons (Fsp3) is 0.400. The highest BCUT2D eigenvalue weighted by atomic mass is 16.3. The first-order valence-corrected chi connectivity index (χ1v) is 11.6. The van der Waals surface area contributed by atoms with Gasteiger partial charge in [0.2, 0.25) is 5.95 Å². The number of aliphatic hydroxyl groups excluding tert-OH is 1. The summed E-state index contributed by atoms with van der Waals surface area (Å²) in [6.45, 7) is 12.9. The van der Waals surface area contributed by atoms with E-state index in [0.717, 1.165) is 54.0 Å². The van der Waals surface area contributed by atoms with Gasteiger partial charge in [-0.05, 0) is 63.8 Å². The Morgan fingerprint density at radius 1 is 1.27 bits per heavy atom. The topological polar surface area (TPSA) is 91.1 Å². The lowest BCUT2D eigenvalue weighted by Gasteiger charge is -2.35. The van der Waals surface area contributed by atoms with E-state index in [1.165, 1.54) is 0 Å². The van der Waals surface area contributed by atoms with Gasteiger partial charge in [-0.25, -0.2) is 4.98 Å². The maximum Gasteiger partial charge on any atom is 0.229 e. The van der Waals surface area contributed by atoms with Gasteiger partial charge in [0, 0.05) is 42.3 Å². The second-order valence-electron chi connectivity index (χ2n) is 8.71. The third-order valence-corrected chi connectivity index (χ3v) is 5.99. The summed E-state index contributed by atoms with van der Waals surface area (Å²) in [6, 6.07) is 8.39. The average molecular weight is 448 g/mol. The van der Waals surface area contributed by atoms with Crippen LogP contribution in [0.25, 0.3) is 11.2 Å². The zero-order valence-corrected chi connectivity index (χ0v) is 19.5. The van der Waals surface area contributed by atoms with E-state index in [4.69, 9.17) is 9.97 Å². The first-order valence-electron chi connectivity index (χ1n) is 11.6. The Labute approximate surface area is 195 Å². The van der Waals surface area contributed by atoms with E-state index < -0.39 is 0 Å². The second kappa shape index (κ2) is 10.0. The average Bonchev–Trinajstić information content (AvgIpc) is 3.24. The standard InChI is InChI=1S/C25H33N7O/c1-5-18(4)27-19-9-8-10-20(15-19)28-23-22-24(32(16-26-22)17(2)3)30-25(29-23)31-13-7-6-11-21(31)12-14-33/h5,8-10,15-17,21,27,33H,1,4,6-7,11-14H2,2-3H3,(H,28,29,30)/t21-/m0/s1. The number of benzene rings is 1. The molecule has 4 rings (SSSR count). The molecule has 0 saturated carbocycles. The van der Waals surface area contributed by atoms with Gasteiger partial charge in [0.25, 0.3) is 0 Å². The minimum Gasteiger partial charge on any atom is -0.396 e. The van der Waals surface area contributed by atoms with E-state index in [-0.39, 0.29) is 18.7 Å². The van der Waals surface area contributed by atoms with Crippen molar-refractivity contribution < 1.29 is 5.11 Å². The van der Waals surface area contributed by atoms with Crippen LogP contribution in [0, 0.1) is 0 Å². The fourth-order valence-corrected chi connectivity index (χ4v) is 4.26. The molecule has 1 aromatic carbocycles. The summed E-state index contributed by atoms with van der Waals surface area (Å²) in [6.07, 6.45) is 7.51. The molecule has 1 aliphatic heterocycles. The molecule has 8 heteroatoms. The van der Waals surface area contributed by atoms with Crippen LogP contribution in [0.4, 0.5) is 23.1 Å². The molecule has 33 heavy (non-hydrogen) atoms. The van der Waals surface area contributed by atoms with Crippen LogP contribution in [0.5, 0.6) is 0 Å². The van der Waals surface area contributed by atoms with Gasteiger partial charge >= 0.3 is 0 Å². The lowest BCUT2D eigenvalue weighted by molar-refractivity contribution is 0.262. The van der Waals surface area contributed by atoms with E-state index in [2.05, 4.69) is 52.1 Å². The molecule has 3 aromatic rings. The maximum atomic E-state index is 9.58. The smallest absolute Gasteiger partial charge is 0.229 e. The van der Waals surface area contributed by atoms with Gasteiger partial charge in [0.05, 0.1) is 6.33 Å². The Morgan fingerprint density at radius 3 is 2.85 bits per heavy atom. The van der Waals surface area contributed by atoms with Crippen molar-refractivity contribution in [2.45, 2.75) is 51.6 Å². The molecule has 2 aromatic heterocycles. The predicted octanol–water partition coefficient (Wildman–Crippen LogP) is 5.00. The van der Waals surface area contributed by atoms with Gasteiger partial charge in [-0.3, -0.25) is 0 Å². The molecule has 0 spiro atoms. The number of anilines is 4. The van der Waals surface area contributed by atoms with Gasteiger partial charge in [-0.15, -0.1) is 0 Å². The maximum absolute atomic E-state index is 9.58. The second-order valence-corrected chi connectivity index (χ2v) is 8.71. The number of fused-ring (bicyclic) bond motifs is 1. The van der Waals surface area contributed by atoms with Crippen molar-refractivity contribution in [1.29, 1.82) is 0 Å². The van der Waals surface area contributed by atoms with E-state index in [0.29, 0.717) is 18.2 Å². The van der Waals surface area contributed by atoms with Crippen LogP contribution < -0.4 is 15.5 Å². The quantitative estimate of drug-likeness (QED) is 0.397. The molecule has 1 atom stereocenters. The largest absolute Gasteiger partial charge is 0.396 e. The zero-order chi connectivity index (χ0) is 23.4. The lowest BCUT2D eigenvalue weighted by Crippen LogP contribution is -2.41. The van der Waals surface area contributed by atoms with Crippen molar-refractivity contribution in [3.63, 3.8) is 0 Å². The third kappa shape index (κ3) is 5.01. The molecule has 0 bridgehead atoms. The van der Waals surface area contributed by atoms with Crippen molar-refractivity contribution in [3.05, 3.63) is 55.5 Å². The number of imidazole rings is 1. The molecule has 0 amide bonds. The van der Waals surface area contributed by atoms with Crippen LogP contribution >= 0.6 is 0 Å². The normalized spacial score (nSPS) is 16.2. The number of nitrogens with one attached hydrogen (secondary N) is 2. The molecule has 3 heterocycles. The molecule has 1 aliphatic rings. The van der Waals surface area contributed by atoms with Crippen LogP contribution in [-0.4, -0.2) is 43.8 Å². The van der Waals surface area contributed by atoms with Gasteiger partial charge < -0.3 is 25.2 Å². The van der Waals surface area contributed by atoms with Gasteiger partial charge in [0.1, 0.15) is 0 Å². The monoisotopic (exact) mass is 447 g/mol. The van der Waals surface area contributed by atoms with E-state index in [1.807, 2.05) is 30.6 Å². The number of hydrogen-bond donors (Lipinski definition) is 3. The number of hydrogen-bond acceptors (Lipinski definition) is 7. The Morgan fingerprint density at radius 2 is 2.09 bits per heavy atom. The summed E-state index contributed by atoms with van der Waals surface area (Å²) in [5, 5.41) is 16.3. The first kappa shape index (κ1) is 22.8. The molecule has 3 N–H and O–H groups in total. The summed E-state index contributed by atoms with van der Waals surface area (Å²) in [7, 11) is 0. The minimum atomic E-state index is 0.161. The molecule has 8 nitrogen and oxygen atoms in total. The molecule has 0 unspecified atom stereocenters. The Balaban J connectivity index is 1.75. The van der Waals surface area contributed by atoms with Crippen LogP contribution in [0.15, 0.2) is 55.5 Å². The predicted molar refractivity (Wildman–Crippen MR) is 135 cm³/mol. The van der Waals surface area contributed by atoms with Crippen LogP contribution in [0.3, 0.4) is 0 Å². The van der Waals surface area contributed by atoms with Crippen molar-refractivity contribution in [2.24, 2.45) is 0 Å². The third-order valence-electron chi connectivity index (χ3n) is 5.99. The van der Waals surface area contributed by atoms with E-state index in [1.54, 1.807) is 6.08 Å². The molecule has 0 aliphatic carbocycles. The molecular formula is C25H33N7O. The van der Waals surface area contributed by atoms with Crippen molar-refractivity contribution in [1.82, 2.24) is 19.5 Å². The number of nitrogens with zero attached hydrogens (tertiary/aromatic N) is 5. The highest BCUT2D eigenvalue weighted by Gasteiger charge is 2.26. The number of rotatable bonds is 9. The molecule has 0 radical (unpaired) electrons. The van der Waals surface area contributed by atoms with Crippen molar-refractivity contribution >= 4 is 34.3 Å². The van der Waals surface area contributed by atoms with Crippen LogP contribution in [0.1, 0.15) is 45.6 Å². The summed E-state index contributed by atoms with van der Waals surface area (Å²) < 4.78 is 2.07. The van der Waals surface area contributed by atoms with Gasteiger partial charge in [-0.1, -0.05) is 19.2 Å². The lowest BCUT2D eigenvalue weighted by atomic mass is 10.0. The Hall–Kier alpha value is -3.39. The van der Waals surface area contributed by atoms with Crippen LogP contribution in [-0.2, 0) is 0 Å². The summed E-state index contributed by atoms with van der Waals surface area (Å²) in [4.78, 5) is 16.7. The van der Waals surface area contributed by atoms with E-state index >= 15 is 0 Å². The van der Waals surface area contributed by atoms with Gasteiger partial charge in [-0.2, -0.15) is 9.97 Å². The zero-order valence-electron chi connectivity index (χ0n) is 19.5. The van der Waals surface area contributed by atoms with Crippen LogP contribution in [0.2, 0.25) is 0 Å². The van der Waals surface area contributed by atoms with Crippen molar-refractivity contribution in [2.75, 3.05) is 28.7 Å². The highest BCUT2D eigenvalue weighted by molar-refractivity contribution is 5.87. The fourth-order valence-electron chi connectivity index (χ4n) is 4.26. The Bertz CT molecular complexity index is 1130. The molecule has 1 saturated heterocycles. The number of allylic oxidation sites excluding steroid dienone is 1. The number of aromatic nitrogens is 4. The minimum absolute atomic E-state index is 0.161. The summed E-state index contributed by atoms with van der Waals surface area (Å²) in [5.41, 5.74) is 4.06. The van der Waals surface area contributed by atoms with Crippen molar-refractivity contribution in [3.8, 4) is 0 Å². The van der Waals surface area contributed by atoms with E-state index in [9.17, 15) is 5.11 Å². The summed E-state index contributed by atoms with van der Waals surface area (Å²) >= 11 is 0. The number of piperidine rings is 1. The first-order chi connectivity index (χ1) is 16.0. The molecular weight excluding hydrogens is 414 g/mol. The summed E-state index contributed by atoms with van der Waals surface area (Å²) in [5.74, 6) is 1.35. The Kier molecular flexibility index (Phi) is 6.93. The SMILES string of the molecule is C=CC(=C)Nc1cccc(Nc2nc(N3CCCC[C@H]3CCO)nc3c2ncn3C(C)C)c1. The van der Waals surface area contributed by atoms with Gasteiger partial charge in [0.15, 0.2) is 17.0 Å². The molecule has 1 fully saturated rings. The number of aliphatic hydroxyl groups is 1. The highest BCUT2D eigenvalue weighted by Crippen LogP contribution is 2.31. The molecule has 174 valence electrons.